The highest BCUT2D eigenvalue weighted by Gasteiger charge is 2.24. The van der Waals surface area contributed by atoms with Crippen LogP contribution in [0.25, 0.3) is 0 Å². The van der Waals surface area contributed by atoms with Crippen molar-refractivity contribution in [3.05, 3.63) is 0 Å². The fourth-order valence-corrected chi connectivity index (χ4v) is 3.18. The molecule has 5 nitrogen and oxygen atoms in total. The van der Waals surface area contributed by atoms with Crippen molar-refractivity contribution in [2.45, 2.75) is 59.3 Å². The van der Waals surface area contributed by atoms with Crippen LogP contribution in [0.4, 0.5) is 0 Å². The third kappa shape index (κ3) is 12.3. The number of unbranched alkanes of at least 4 members (excludes halogenated alkanes) is 3. The molecule has 0 aliphatic carbocycles. The SMILES string of the molecule is CCNC(=NCCCCCCC(C)C)N1CCC(COCCOC)C1.I. The van der Waals surface area contributed by atoms with Crippen molar-refractivity contribution >= 4 is 29.9 Å². The third-order valence-electron chi connectivity index (χ3n) is 4.66. The van der Waals surface area contributed by atoms with Gasteiger partial charge < -0.3 is 19.7 Å². The van der Waals surface area contributed by atoms with E-state index in [4.69, 9.17) is 14.5 Å². The van der Waals surface area contributed by atoms with Gasteiger partial charge in [0.25, 0.3) is 0 Å². The van der Waals surface area contributed by atoms with Gasteiger partial charge in [0.15, 0.2) is 5.96 Å². The molecule has 0 bridgehead atoms. The third-order valence-corrected chi connectivity index (χ3v) is 4.66. The van der Waals surface area contributed by atoms with Gasteiger partial charge >= 0.3 is 0 Å². The van der Waals surface area contributed by atoms with Crippen LogP contribution in [-0.2, 0) is 9.47 Å². The van der Waals surface area contributed by atoms with Crippen molar-refractivity contribution in [3.63, 3.8) is 0 Å². The molecule has 156 valence electrons. The number of rotatable bonds is 13. The number of ether oxygens (including phenoxy) is 2. The Kier molecular flexibility index (Phi) is 17.0. The summed E-state index contributed by atoms with van der Waals surface area (Å²) in [4.78, 5) is 7.24. The zero-order chi connectivity index (χ0) is 18.3. The summed E-state index contributed by atoms with van der Waals surface area (Å²) in [5.41, 5.74) is 0. The molecule has 1 saturated heterocycles. The van der Waals surface area contributed by atoms with Crippen LogP contribution in [0, 0.1) is 11.8 Å². The van der Waals surface area contributed by atoms with Gasteiger partial charge in [-0.15, -0.1) is 24.0 Å². The lowest BCUT2D eigenvalue weighted by atomic mass is 10.0. The molecule has 1 N–H and O–H groups in total. The second kappa shape index (κ2) is 17.0. The van der Waals surface area contributed by atoms with Gasteiger partial charge in [-0.3, -0.25) is 4.99 Å². The van der Waals surface area contributed by atoms with Gasteiger partial charge in [-0.25, -0.2) is 0 Å². The molecule has 1 unspecified atom stereocenters. The number of halogens is 1. The first kappa shape index (κ1) is 25.9. The average molecular weight is 483 g/mol. The van der Waals surface area contributed by atoms with Crippen molar-refractivity contribution in [2.24, 2.45) is 16.8 Å². The summed E-state index contributed by atoms with van der Waals surface area (Å²) in [6.07, 6.45) is 7.74. The second-order valence-electron chi connectivity index (χ2n) is 7.50. The minimum Gasteiger partial charge on any atom is -0.382 e. The Morgan fingerprint density at radius 3 is 2.65 bits per heavy atom. The zero-order valence-electron chi connectivity index (χ0n) is 17.5. The van der Waals surface area contributed by atoms with Gasteiger partial charge in [0.1, 0.15) is 0 Å². The van der Waals surface area contributed by atoms with E-state index in [9.17, 15) is 0 Å². The minimum atomic E-state index is 0. The lowest BCUT2D eigenvalue weighted by Gasteiger charge is -2.21. The Morgan fingerprint density at radius 2 is 1.96 bits per heavy atom. The maximum Gasteiger partial charge on any atom is 0.193 e. The summed E-state index contributed by atoms with van der Waals surface area (Å²) in [5.74, 6) is 2.53. The average Bonchev–Trinajstić information content (AvgIpc) is 3.05. The molecule has 0 amide bonds. The number of nitrogens with zero attached hydrogens (tertiary/aromatic N) is 2. The lowest BCUT2D eigenvalue weighted by Crippen LogP contribution is -2.40. The van der Waals surface area contributed by atoms with Crippen molar-refractivity contribution in [3.8, 4) is 0 Å². The zero-order valence-corrected chi connectivity index (χ0v) is 19.8. The lowest BCUT2D eigenvalue weighted by molar-refractivity contribution is 0.0536. The number of guanidine groups is 1. The van der Waals surface area contributed by atoms with Gasteiger partial charge in [0.05, 0.1) is 19.8 Å². The van der Waals surface area contributed by atoms with E-state index in [1.165, 1.54) is 38.5 Å². The molecule has 1 rings (SSSR count). The van der Waals surface area contributed by atoms with E-state index < -0.39 is 0 Å². The number of aliphatic imine (C=N–C) groups is 1. The van der Waals surface area contributed by atoms with Crippen LogP contribution in [-0.4, -0.2) is 64.0 Å². The molecule has 0 aromatic rings. The summed E-state index contributed by atoms with van der Waals surface area (Å²) in [7, 11) is 1.71. The Hall–Kier alpha value is -0.0800. The summed E-state index contributed by atoms with van der Waals surface area (Å²) in [6.45, 7) is 12.9. The molecule has 0 radical (unpaired) electrons. The van der Waals surface area contributed by atoms with Crippen molar-refractivity contribution < 1.29 is 9.47 Å². The highest BCUT2D eigenvalue weighted by atomic mass is 127. The van der Waals surface area contributed by atoms with E-state index in [1.54, 1.807) is 7.11 Å². The first-order chi connectivity index (χ1) is 12.2. The standard InChI is InChI=1S/C20H41N3O2.HI/c1-5-21-20(22-12-9-7-6-8-10-18(2)3)23-13-11-19(16-23)17-25-15-14-24-4;/h18-19H,5-17H2,1-4H3,(H,21,22);1H. The summed E-state index contributed by atoms with van der Waals surface area (Å²) < 4.78 is 10.7. The number of hydrogen-bond acceptors (Lipinski definition) is 3. The second-order valence-corrected chi connectivity index (χ2v) is 7.50. The minimum absolute atomic E-state index is 0. The Balaban J connectivity index is 0.00000625. The molecule has 1 aliphatic rings. The number of likely N-dealkylation sites (tertiary alicyclic amines) is 1. The van der Waals surface area contributed by atoms with Crippen LogP contribution >= 0.6 is 24.0 Å². The largest absolute Gasteiger partial charge is 0.382 e. The van der Waals surface area contributed by atoms with Crippen LogP contribution in [0.1, 0.15) is 59.3 Å². The fourth-order valence-electron chi connectivity index (χ4n) is 3.18. The van der Waals surface area contributed by atoms with E-state index >= 15 is 0 Å². The van der Waals surface area contributed by atoms with Crippen LogP contribution in [0.3, 0.4) is 0 Å². The maximum absolute atomic E-state index is 5.69. The van der Waals surface area contributed by atoms with Crippen molar-refractivity contribution in [1.82, 2.24) is 10.2 Å². The van der Waals surface area contributed by atoms with E-state index in [-0.39, 0.29) is 24.0 Å². The van der Waals surface area contributed by atoms with E-state index in [1.807, 2.05) is 0 Å². The van der Waals surface area contributed by atoms with Gasteiger partial charge in [-0.05, 0) is 25.7 Å². The maximum atomic E-state index is 5.69. The Morgan fingerprint density at radius 1 is 1.19 bits per heavy atom. The topological polar surface area (TPSA) is 46.1 Å². The first-order valence-corrected chi connectivity index (χ1v) is 10.3. The van der Waals surface area contributed by atoms with Gasteiger partial charge in [0, 0.05) is 39.2 Å². The molecule has 1 aliphatic heterocycles. The molecule has 6 heteroatoms. The molecular formula is C20H42IN3O2. The van der Waals surface area contributed by atoms with E-state index in [2.05, 4.69) is 31.0 Å². The molecule has 26 heavy (non-hydrogen) atoms. The molecule has 0 spiro atoms. The highest BCUT2D eigenvalue weighted by Crippen LogP contribution is 2.17. The molecule has 1 heterocycles. The number of nitrogens with one attached hydrogen (secondary N) is 1. The fraction of sp³-hybridized carbons (Fsp3) is 0.950. The molecule has 0 saturated carbocycles. The summed E-state index contributed by atoms with van der Waals surface area (Å²) in [6, 6.07) is 0. The predicted molar refractivity (Wildman–Crippen MR) is 122 cm³/mol. The number of methoxy groups -OCH3 is 1. The van der Waals surface area contributed by atoms with Crippen LogP contribution < -0.4 is 5.32 Å². The number of hydrogen-bond donors (Lipinski definition) is 1. The van der Waals surface area contributed by atoms with E-state index in [0.29, 0.717) is 19.1 Å². The van der Waals surface area contributed by atoms with Crippen LogP contribution in [0.15, 0.2) is 4.99 Å². The van der Waals surface area contributed by atoms with Gasteiger partial charge in [0.2, 0.25) is 0 Å². The van der Waals surface area contributed by atoms with E-state index in [0.717, 1.165) is 44.7 Å². The monoisotopic (exact) mass is 483 g/mol. The molecular weight excluding hydrogens is 441 g/mol. The summed E-state index contributed by atoms with van der Waals surface area (Å²) in [5, 5.41) is 3.45. The van der Waals surface area contributed by atoms with Crippen molar-refractivity contribution in [2.75, 3.05) is 53.1 Å². The normalized spacial score (nSPS) is 17.7. The van der Waals surface area contributed by atoms with Crippen LogP contribution in [0.2, 0.25) is 0 Å². The predicted octanol–water partition coefficient (Wildman–Crippen LogP) is 4.16. The molecule has 1 fully saturated rings. The highest BCUT2D eigenvalue weighted by molar-refractivity contribution is 14.0. The molecule has 0 aromatic carbocycles. The molecule has 0 aromatic heterocycles. The first-order valence-electron chi connectivity index (χ1n) is 10.3. The van der Waals surface area contributed by atoms with Gasteiger partial charge in [-0.1, -0.05) is 39.5 Å². The van der Waals surface area contributed by atoms with Crippen molar-refractivity contribution in [1.29, 1.82) is 0 Å². The Labute approximate surface area is 178 Å². The smallest absolute Gasteiger partial charge is 0.193 e. The Bertz CT molecular complexity index is 354. The quantitative estimate of drug-likeness (QED) is 0.185. The summed E-state index contributed by atoms with van der Waals surface area (Å²) >= 11 is 0. The molecule has 1 atom stereocenters. The van der Waals surface area contributed by atoms with Crippen LogP contribution in [0.5, 0.6) is 0 Å². The van der Waals surface area contributed by atoms with Gasteiger partial charge in [-0.2, -0.15) is 0 Å².